The first-order chi connectivity index (χ1) is 11.8. The van der Waals surface area contributed by atoms with Crippen molar-refractivity contribution in [2.45, 2.75) is 26.4 Å². The van der Waals surface area contributed by atoms with Crippen LogP contribution in [-0.4, -0.2) is 6.54 Å². The molecule has 0 radical (unpaired) electrons. The Kier molecular flexibility index (Phi) is 5.73. The topological polar surface area (TPSA) is 21.3 Å². The van der Waals surface area contributed by atoms with Crippen LogP contribution in [0.3, 0.4) is 0 Å². The highest BCUT2D eigenvalue weighted by molar-refractivity contribution is 5.29. The Bertz CT molecular complexity index is 703. The van der Waals surface area contributed by atoms with Crippen molar-refractivity contribution in [3.63, 3.8) is 0 Å². The van der Waals surface area contributed by atoms with Gasteiger partial charge in [-0.1, -0.05) is 61.5 Å². The van der Waals surface area contributed by atoms with Crippen LogP contribution in [0.5, 0.6) is 5.75 Å². The van der Waals surface area contributed by atoms with Gasteiger partial charge in [0, 0.05) is 12.2 Å². The number of benzene rings is 2. The summed E-state index contributed by atoms with van der Waals surface area (Å²) in [5, 5.41) is 3.57. The Balaban J connectivity index is 1.50. The second-order valence-corrected chi connectivity index (χ2v) is 6.29. The monoisotopic (exact) mass is 319 g/mol. The Morgan fingerprint density at radius 3 is 2.71 bits per heavy atom. The maximum Gasteiger partial charge on any atom is 0.120 e. The molecule has 0 aliphatic heterocycles. The van der Waals surface area contributed by atoms with Crippen molar-refractivity contribution in [3.05, 3.63) is 89.6 Å². The first kappa shape index (κ1) is 16.4. The van der Waals surface area contributed by atoms with Crippen molar-refractivity contribution in [2.75, 3.05) is 6.54 Å². The number of ether oxygens (including phenoxy) is 1. The fraction of sp³-hybridized carbons (Fsp3) is 0.273. The van der Waals surface area contributed by atoms with E-state index in [0.717, 1.165) is 25.1 Å². The molecule has 3 rings (SSSR count). The van der Waals surface area contributed by atoms with Crippen LogP contribution in [0.2, 0.25) is 0 Å². The molecule has 24 heavy (non-hydrogen) atoms. The van der Waals surface area contributed by atoms with Gasteiger partial charge in [-0.2, -0.15) is 0 Å². The van der Waals surface area contributed by atoms with E-state index in [9.17, 15) is 0 Å². The highest BCUT2D eigenvalue weighted by Crippen LogP contribution is 2.18. The predicted molar refractivity (Wildman–Crippen MR) is 99.9 cm³/mol. The highest BCUT2D eigenvalue weighted by Gasteiger charge is 2.08. The maximum absolute atomic E-state index is 5.91. The molecule has 0 saturated heterocycles. The van der Waals surface area contributed by atoms with Gasteiger partial charge in [0.05, 0.1) is 0 Å². The van der Waals surface area contributed by atoms with Crippen LogP contribution in [0.15, 0.2) is 78.5 Å². The lowest BCUT2D eigenvalue weighted by Crippen LogP contribution is -2.22. The summed E-state index contributed by atoms with van der Waals surface area (Å²) in [5.41, 5.74) is 3.83. The van der Waals surface area contributed by atoms with Gasteiger partial charge in [0.2, 0.25) is 0 Å². The van der Waals surface area contributed by atoms with Crippen molar-refractivity contribution in [1.29, 1.82) is 0 Å². The highest BCUT2D eigenvalue weighted by atomic mass is 16.5. The van der Waals surface area contributed by atoms with E-state index in [1.165, 1.54) is 16.8 Å². The quantitative estimate of drug-likeness (QED) is 0.785. The van der Waals surface area contributed by atoms with E-state index in [1.807, 2.05) is 24.3 Å². The lowest BCUT2D eigenvalue weighted by atomic mass is 9.99. The van der Waals surface area contributed by atoms with Gasteiger partial charge < -0.3 is 10.1 Å². The zero-order valence-electron chi connectivity index (χ0n) is 14.2. The molecule has 2 aromatic carbocycles. The molecule has 1 aliphatic carbocycles. The molecule has 0 spiro atoms. The summed E-state index contributed by atoms with van der Waals surface area (Å²) in [4.78, 5) is 0. The molecule has 1 N–H and O–H groups in total. The van der Waals surface area contributed by atoms with Crippen molar-refractivity contribution in [3.8, 4) is 5.75 Å². The number of allylic oxidation sites excluding steroid dienone is 4. The maximum atomic E-state index is 5.91. The first-order valence-electron chi connectivity index (χ1n) is 8.67. The second kappa shape index (κ2) is 8.39. The third kappa shape index (κ3) is 4.76. The van der Waals surface area contributed by atoms with E-state index in [0.29, 0.717) is 12.5 Å². The fourth-order valence-corrected chi connectivity index (χ4v) is 2.86. The smallest absolute Gasteiger partial charge is 0.120 e. The zero-order valence-corrected chi connectivity index (χ0v) is 14.2. The minimum Gasteiger partial charge on any atom is -0.489 e. The number of hydrogen-bond acceptors (Lipinski definition) is 2. The number of nitrogens with one attached hydrogen (secondary N) is 1. The summed E-state index contributed by atoms with van der Waals surface area (Å²) in [6.45, 7) is 3.83. The second-order valence-electron chi connectivity index (χ2n) is 6.29. The van der Waals surface area contributed by atoms with Gasteiger partial charge in [0.15, 0.2) is 0 Å². The van der Waals surface area contributed by atoms with Gasteiger partial charge in [0.1, 0.15) is 12.4 Å². The molecule has 1 unspecified atom stereocenters. The lowest BCUT2D eigenvalue weighted by Gasteiger charge is -2.19. The van der Waals surface area contributed by atoms with Crippen LogP contribution < -0.4 is 10.1 Å². The van der Waals surface area contributed by atoms with Crippen molar-refractivity contribution < 1.29 is 4.74 Å². The van der Waals surface area contributed by atoms with Crippen LogP contribution in [0.4, 0.5) is 0 Å². The van der Waals surface area contributed by atoms with Crippen molar-refractivity contribution >= 4 is 0 Å². The van der Waals surface area contributed by atoms with E-state index < -0.39 is 0 Å². The zero-order chi connectivity index (χ0) is 16.6. The molecule has 0 aromatic heterocycles. The Morgan fingerprint density at radius 2 is 1.88 bits per heavy atom. The molecule has 1 aliphatic rings. The minimum absolute atomic E-state index is 0.593. The third-order valence-electron chi connectivity index (χ3n) is 4.32. The van der Waals surface area contributed by atoms with Gasteiger partial charge in [-0.15, -0.1) is 0 Å². The molecule has 2 nitrogen and oxygen atoms in total. The normalized spacial score (nSPS) is 16.5. The molecular weight excluding hydrogens is 294 g/mol. The average Bonchev–Trinajstić information content (AvgIpc) is 2.63. The van der Waals surface area contributed by atoms with E-state index in [1.54, 1.807) is 0 Å². The molecular formula is C22H25NO. The van der Waals surface area contributed by atoms with Crippen molar-refractivity contribution in [2.24, 2.45) is 5.92 Å². The summed E-state index contributed by atoms with van der Waals surface area (Å²) in [5.74, 6) is 1.53. The lowest BCUT2D eigenvalue weighted by molar-refractivity contribution is 0.306. The Labute approximate surface area is 144 Å². The SMILES string of the molecule is CC1CC=CC=C1NCCc1cccc(OCc2ccccc2)c1. The van der Waals surface area contributed by atoms with Gasteiger partial charge >= 0.3 is 0 Å². The molecule has 0 fully saturated rings. The fourth-order valence-electron chi connectivity index (χ4n) is 2.86. The average molecular weight is 319 g/mol. The first-order valence-corrected chi connectivity index (χ1v) is 8.67. The molecule has 0 saturated carbocycles. The minimum atomic E-state index is 0.593. The van der Waals surface area contributed by atoms with Crippen LogP contribution >= 0.6 is 0 Å². The Hall–Kier alpha value is -2.48. The van der Waals surface area contributed by atoms with Gasteiger partial charge in [-0.05, 0) is 48.1 Å². The van der Waals surface area contributed by atoms with Crippen LogP contribution in [0.1, 0.15) is 24.5 Å². The van der Waals surface area contributed by atoms with E-state index in [4.69, 9.17) is 4.74 Å². The predicted octanol–water partition coefficient (Wildman–Crippen LogP) is 4.88. The van der Waals surface area contributed by atoms with Crippen LogP contribution in [-0.2, 0) is 13.0 Å². The third-order valence-corrected chi connectivity index (χ3v) is 4.32. The molecule has 0 bridgehead atoms. The van der Waals surface area contributed by atoms with Gasteiger partial charge in [-0.3, -0.25) is 0 Å². The summed E-state index contributed by atoms with van der Waals surface area (Å²) in [6, 6.07) is 18.7. The molecule has 2 heteroatoms. The van der Waals surface area contributed by atoms with E-state index in [2.05, 4.69) is 60.8 Å². The molecule has 2 aromatic rings. The standard InChI is InChI=1S/C22H25NO/c1-18-8-5-6-13-22(18)23-15-14-19-11-7-12-21(16-19)24-17-20-9-3-2-4-10-20/h2-7,9-13,16,18,23H,8,14-15,17H2,1H3. The summed E-state index contributed by atoms with van der Waals surface area (Å²) in [7, 11) is 0. The molecule has 124 valence electrons. The largest absolute Gasteiger partial charge is 0.489 e. The van der Waals surface area contributed by atoms with Crippen molar-refractivity contribution in [1.82, 2.24) is 5.32 Å². The van der Waals surface area contributed by atoms with Gasteiger partial charge in [-0.25, -0.2) is 0 Å². The van der Waals surface area contributed by atoms with E-state index >= 15 is 0 Å². The summed E-state index contributed by atoms with van der Waals surface area (Å²) < 4.78 is 5.91. The molecule has 1 atom stereocenters. The Morgan fingerprint density at radius 1 is 1.04 bits per heavy atom. The molecule has 0 amide bonds. The molecule has 0 heterocycles. The van der Waals surface area contributed by atoms with Crippen LogP contribution in [0, 0.1) is 5.92 Å². The van der Waals surface area contributed by atoms with Crippen LogP contribution in [0.25, 0.3) is 0 Å². The summed E-state index contributed by atoms with van der Waals surface area (Å²) in [6.07, 6.45) is 8.68. The number of hydrogen-bond donors (Lipinski definition) is 1. The number of rotatable bonds is 7. The summed E-state index contributed by atoms with van der Waals surface area (Å²) >= 11 is 0. The van der Waals surface area contributed by atoms with Gasteiger partial charge in [0.25, 0.3) is 0 Å². The van der Waals surface area contributed by atoms with E-state index in [-0.39, 0.29) is 0 Å².